The highest BCUT2D eigenvalue weighted by atomic mass is 32.1. The molecule has 2 N–H and O–H groups in total. The zero-order valence-electron chi connectivity index (χ0n) is 14.9. The number of anilines is 3. The number of aromatic nitrogens is 4. The Kier molecular flexibility index (Phi) is 4.91. The van der Waals surface area contributed by atoms with Crippen molar-refractivity contribution in [2.45, 2.75) is 6.54 Å². The minimum atomic E-state index is 0.762. The standard InChI is InChI=1S/C17H22N8S/c1-24(2)11-12-10-14(22-16(20-12)25-8-6-18-7-9-25)23-17-21-13-4-3-5-19-15(13)26-17/h3-5,10,18H,6-9,11H2,1-2H3,(H,20,21,22,23). The third-order valence-electron chi connectivity index (χ3n) is 4.05. The molecule has 0 unspecified atom stereocenters. The topological polar surface area (TPSA) is 82.1 Å². The van der Waals surface area contributed by atoms with Crippen LogP contribution < -0.4 is 15.5 Å². The van der Waals surface area contributed by atoms with Gasteiger partial charge in [0, 0.05) is 45.0 Å². The molecule has 0 saturated carbocycles. The Morgan fingerprint density at radius 3 is 2.85 bits per heavy atom. The summed E-state index contributed by atoms with van der Waals surface area (Å²) in [5.74, 6) is 1.54. The molecular formula is C17H22N8S. The normalized spacial score (nSPS) is 15.0. The molecule has 4 heterocycles. The van der Waals surface area contributed by atoms with Crippen molar-refractivity contribution >= 4 is 38.6 Å². The van der Waals surface area contributed by atoms with Crippen molar-refractivity contribution in [1.82, 2.24) is 30.2 Å². The molecule has 1 aliphatic rings. The van der Waals surface area contributed by atoms with Crippen LogP contribution in [-0.2, 0) is 6.54 Å². The molecular weight excluding hydrogens is 348 g/mol. The van der Waals surface area contributed by atoms with E-state index in [0.717, 1.165) is 65.7 Å². The van der Waals surface area contributed by atoms with Crippen molar-refractivity contribution < 1.29 is 0 Å². The fraction of sp³-hybridized carbons (Fsp3) is 0.412. The lowest BCUT2D eigenvalue weighted by atomic mass is 10.3. The van der Waals surface area contributed by atoms with Gasteiger partial charge in [-0.2, -0.15) is 4.98 Å². The van der Waals surface area contributed by atoms with E-state index in [9.17, 15) is 0 Å². The van der Waals surface area contributed by atoms with Crippen LogP contribution >= 0.6 is 11.3 Å². The van der Waals surface area contributed by atoms with Crippen LogP contribution in [0.3, 0.4) is 0 Å². The van der Waals surface area contributed by atoms with Gasteiger partial charge in [-0.1, -0.05) is 11.3 Å². The number of thiazole rings is 1. The molecule has 0 atom stereocenters. The highest BCUT2D eigenvalue weighted by Crippen LogP contribution is 2.27. The molecule has 9 heteroatoms. The summed E-state index contributed by atoms with van der Waals surface area (Å²) in [5, 5.41) is 7.50. The van der Waals surface area contributed by atoms with Crippen LogP contribution in [0.4, 0.5) is 16.9 Å². The maximum Gasteiger partial charge on any atom is 0.227 e. The monoisotopic (exact) mass is 370 g/mol. The predicted molar refractivity (Wildman–Crippen MR) is 105 cm³/mol. The van der Waals surface area contributed by atoms with Crippen LogP contribution in [-0.4, -0.2) is 65.1 Å². The quantitative estimate of drug-likeness (QED) is 0.702. The molecule has 26 heavy (non-hydrogen) atoms. The first kappa shape index (κ1) is 17.1. The van der Waals surface area contributed by atoms with Gasteiger partial charge in [0.15, 0.2) is 5.13 Å². The van der Waals surface area contributed by atoms with Crippen molar-refractivity contribution in [1.29, 1.82) is 0 Å². The molecule has 0 aliphatic carbocycles. The Hall–Kier alpha value is -2.36. The van der Waals surface area contributed by atoms with E-state index in [1.54, 1.807) is 6.20 Å². The zero-order valence-corrected chi connectivity index (χ0v) is 15.8. The number of fused-ring (bicyclic) bond motifs is 1. The molecule has 0 bridgehead atoms. The first-order valence-corrected chi connectivity index (χ1v) is 9.46. The first-order chi connectivity index (χ1) is 12.7. The average molecular weight is 370 g/mol. The van der Waals surface area contributed by atoms with Gasteiger partial charge in [0.25, 0.3) is 0 Å². The summed E-state index contributed by atoms with van der Waals surface area (Å²) < 4.78 is 0. The Morgan fingerprint density at radius 1 is 1.23 bits per heavy atom. The molecule has 136 valence electrons. The summed E-state index contributed by atoms with van der Waals surface area (Å²) in [6.45, 7) is 4.49. The number of hydrogen-bond acceptors (Lipinski definition) is 9. The Morgan fingerprint density at radius 2 is 2.08 bits per heavy atom. The first-order valence-electron chi connectivity index (χ1n) is 8.64. The van der Waals surface area contributed by atoms with Crippen molar-refractivity contribution in [2.24, 2.45) is 0 Å². The van der Waals surface area contributed by atoms with Crippen LogP contribution in [0.15, 0.2) is 24.4 Å². The molecule has 3 aromatic rings. The minimum absolute atomic E-state index is 0.762. The van der Waals surface area contributed by atoms with E-state index in [4.69, 9.17) is 9.97 Å². The van der Waals surface area contributed by atoms with E-state index >= 15 is 0 Å². The number of pyridine rings is 1. The Bertz CT molecular complexity index is 854. The largest absolute Gasteiger partial charge is 0.338 e. The van der Waals surface area contributed by atoms with Crippen LogP contribution in [0.2, 0.25) is 0 Å². The van der Waals surface area contributed by atoms with Crippen molar-refractivity contribution in [3.8, 4) is 0 Å². The van der Waals surface area contributed by atoms with Gasteiger partial charge in [0.2, 0.25) is 5.95 Å². The Labute approximate surface area is 156 Å². The lowest BCUT2D eigenvalue weighted by Crippen LogP contribution is -2.44. The van der Waals surface area contributed by atoms with E-state index in [1.807, 2.05) is 32.3 Å². The highest BCUT2D eigenvalue weighted by molar-refractivity contribution is 7.21. The summed E-state index contributed by atoms with van der Waals surface area (Å²) in [5.41, 5.74) is 1.88. The van der Waals surface area contributed by atoms with Crippen LogP contribution in [0.25, 0.3) is 10.3 Å². The van der Waals surface area contributed by atoms with E-state index < -0.39 is 0 Å². The van der Waals surface area contributed by atoms with Gasteiger partial charge >= 0.3 is 0 Å². The highest BCUT2D eigenvalue weighted by Gasteiger charge is 2.16. The molecule has 1 aliphatic heterocycles. The fourth-order valence-electron chi connectivity index (χ4n) is 2.89. The van der Waals surface area contributed by atoms with Gasteiger partial charge in [-0.25, -0.2) is 15.0 Å². The fourth-order valence-corrected chi connectivity index (χ4v) is 3.71. The number of piperazine rings is 1. The van der Waals surface area contributed by atoms with Gasteiger partial charge in [0.05, 0.1) is 5.69 Å². The van der Waals surface area contributed by atoms with Crippen LogP contribution in [0, 0.1) is 0 Å². The molecule has 1 saturated heterocycles. The second-order valence-corrected chi connectivity index (χ2v) is 7.47. The van der Waals surface area contributed by atoms with Gasteiger partial charge in [-0.3, -0.25) is 0 Å². The maximum absolute atomic E-state index is 4.76. The Balaban J connectivity index is 1.64. The number of hydrogen-bond donors (Lipinski definition) is 2. The number of nitrogens with one attached hydrogen (secondary N) is 2. The number of rotatable bonds is 5. The van der Waals surface area contributed by atoms with Gasteiger partial charge in [-0.05, 0) is 26.2 Å². The molecule has 0 amide bonds. The second-order valence-electron chi connectivity index (χ2n) is 6.49. The third-order valence-corrected chi connectivity index (χ3v) is 4.94. The van der Waals surface area contributed by atoms with E-state index in [2.05, 4.69) is 30.4 Å². The van der Waals surface area contributed by atoms with Crippen molar-refractivity contribution in [2.75, 3.05) is 50.5 Å². The van der Waals surface area contributed by atoms with Crippen molar-refractivity contribution in [3.63, 3.8) is 0 Å². The third kappa shape index (κ3) is 3.90. The predicted octanol–water partition coefficient (Wildman–Crippen LogP) is 1.70. The second kappa shape index (κ2) is 7.48. The van der Waals surface area contributed by atoms with E-state index in [0.29, 0.717) is 0 Å². The van der Waals surface area contributed by atoms with Crippen LogP contribution in [0.1, 0.15) is 5.69 Å². The van der Waals surface area contributed by atoms with Gasteiger partial charge in [0.1, 0.15) is 16.2 Å². The minimum Gasteiger partial charge on any atom is -0.338 e. The van der Waals surface area contributed by atoms with Gasteiger partial charge < -0.3 is 20.4 Å². The zero-order chi connectivity index (χ0) is 17.9. The molecule has 0 radical (unpaired) electrons. The summed E-state index contributed by atoms with van der Waals surface area (Å²) >= 11 is 1.53. The molecule has 8 nitrogen and oxygen atoms in total. The molecule has 3 aromatic heterocycles. The molecule has 4 rings (SSSR count). The smallest absolute Gasteiger partial charge is 0.227 e. The van der Waals surface area contributed by atoms with E-state index in [1.165, 1.54) is 11.3 Å². The summed E-state index contributed by atoms with van der Waals surface area (Å²) in [6.07, 6.45) is 1.78. The molecule has 0 spiro atoms. The number of nitrogens with zero attached hydrogens (tertiary/aromatic N) is 6. The molecule has 1 fully saturated rings. The summed E-state index contributed by atoms with van der Waals surface area (Å²) in [6, 6.07) is 5.85. The lowest BCUT2D eigenvalue weighted by Gasteiger charge is -2.28. The van der Waals surface area contributed by atoms with Gasteiger partial charge in [-0.15, -0.1) is 0 Å². The van der Waals surface area contributed by atoms with Crippen molar-refractivity contribution in [3.05, 3.63) is 30.1 Å². The average Bonchev–Trinajstić information content (AvgIpc) is 3.04. The maximum atomic E-state index is 4.76. The lowest BCUT2D eigenvalue weighted by molar-refractivity contribution is 0.396. The van der Waals surface area contributed by atoms with Crippen LogP contribution in [0.5, 0.6) is 0 Å². The van der Waals surface area contributed by atoms with E-state index in [-0.39, 0.29) is 0 Å². The summed E-state index contributed by atoms with van der Waals surface area (Å²) in [7, 11) is 4.08. The summed E-state index contributed by atoms with van der Waals surface area (Å²) in [4.78, 5) is 23.7. The molecule has 0 aromatic carbocycles. The SMILES string of the molecule is CN(C)Cc1cc(Nc2nc3cccnc3s2)nc(N2CCNCC2)n1.